The van der Waals surface area contributed by atoms with E-state index in [1.165, 1.54) is 0 Å². The van der Waals surface area contributed by atoms with E-state index in [0.717, 1.165) is 17.1 Å². The van der Waals surface area contributed by atoms with Gasteiger partial charge in [-0.05, 0) is 58.0 Å². The molecule has 8 heteroatoms. The molecule has 1 fully saturated rings. The molecule has 2 N–H and O–H groups in total. The van der Waals surface area contributed by atoms with Crippen molar-refractivity contribution in [2.75, 3.05) is 23.3 Å². The van der Waals surface area contributed by atoms with Crippen LogP contribution in [-0.4, -0.2) is 41.9 Å². The molecule has 1 atom stereocenters. The van der Waals surface area contributed by atoms with Crippen LogP contribution in [0.3, 0.4) is 0 Å². The summed E-state index contributed by atoms with van der Waals surface area (Å²) in [4.78, 5) is 41.2. The summed E-state index contributed by atoms with van der Waals surface area (Å²) >= 11 is 3.43. The average molecular weight is 487 g/mol. The van der Waals surface area contributed by atoms with Crippen LogP contribution in [0.5, 0.6) is 0 Å². The fourth-order valence-corrected chi connectivity index (χ4v) is 4.50. The first-order chi connectivity index (χ1) is 14.7. The van der Waals surface area contributed by atoms with Gasteiger partial charge in [0.25, 0.3) is 5.91 Å². The van der Waals surface area contributed by atoms with E-state index in [1.54, 1.807) is 25.1 Å². The predicted molar refractivity (Wildman–Crippen MR) is 125 cm³/mol. The van der Waals surface area contributed by atoms with Crippen LogP contribution in [0.25, 0.3) is 0 Å². The predicted octanol–water partition coefficient (Wildman–Crippen LogP) is 4.09. The molecule has 31 heavy (non-hydrogen) atoms. The summed E-state index contributed by atoms with van der Waals surface area (Å²) in [6.07, 6.45) is 0. The highest BCUT2D eigenvalue weighted by atomic mass is 79.9. The monoisotopic (exact) mass is 486 g/mol. The van der Waals surface area contributed by atoms with Crippen molar-refractivity contribution in [1.82, 2.24) is 10.2 Å². The normalized spacial score (nSPS) is 18.3. The molecule has 7 nitrogen and oxygen atoms in total. The van der Waals surface area contributed by atoms with Crippen LogP contribution >= 0.6 is 15.9 Å². The number of halogens is 1. The second-order valence-corrected chi connectivity index (χ2v) is 8.76. The molecular formula is C23H27BrN4O3. The first-order valence-corrected chi connectivity index (χ1v) is 11.0. The molecule has 0 saturated carbocycles. The Hall–Kier alpha value is -2.87. The van der Waals surface area contributed by atoms with Crippen LogP contribution in [0.15, 0.2) is 53.0 Å². The van der Waals surface area contributed by atoms with Crippen molar-refractivity contribution >= 4 is 45.2 Å². The minimum atomic E-state index is -1.24. The van der Waals surface area contributed by atoms with Gasteiger partial charge < -0.3 is 15.5 Å². The third-order valence-corrected chi connectivity index (χ3v) is 6.13. The Bertz CT molecular complexity index is 993. The highest BCUT2D eigenvalue weighted by Gasteiger charge is 2.50. The molecule has 164 valence electrons. The Morgan fingerprint density at radius 3 is 2.39 bits per heavy atom. The fraction of sp³-hybridized carbons (Fsp3) is 0.348. The zero-order valence-electron chi connectivity index (χ0n) is 18.1. The molecule has 4 amide bonds. The van der Waals surface area contributed by atoms with Crippen LogP contribution in [0.1, 0.15) is 33.3 Å². The van der Waals surface area contributed by atoms with Crippen molar-refractivity contribution in [3.63, 3.8) is 0 Å². The van der Waals surface area contributed by atoms with E-state index in [-0.39, 0.29) is 6.54 Å². The second kappa shape index (κ2) is 9.09. The summed E-state index contributed by atoms with van der Waals surface area (Å²) in [7, 11) is 0. The quantitative estimate of drug-likeness (QED) is 0.577. The maximum absolute atomic E-state index is 13.0. The minimum absolute atomic E-state index is 0.362. The third-order valence-electron chi connectivity index (χ3n) is 5.44. The van der Waals surface area contributed by atoms with Crippen molar-refractivity contribution in [1.29, 1.82) is 0 Å². The average Bonchev–Trinajstić information content (AvgIpc) is 2.93. The van der Waals surface area contributed by atoms with E-state index < -0.39 is 23.4 Å². The van der Waals surface area contributed by atoms with Crippen molar-refractivity contribution in [2.24, 2.45) is 0 Å². The molecule has 0 radical (unpaired) electrons. The van der Waals surface area contributed by atoms with E-state index in [9.17, 15) is 14.4 Å². The number of hydrogen-bond donors (Lipinski definition) is 2. The van der Waals surface area contributed by atoms with Crippen LogP contribution < -0.4 is 15.5 Å². The fourth-order valence-electron chi connectivity index (χ4n) is 3.82. The van der Waals surface area contributed by atoms with Crippen molar-refractivity contribution in [2.45, 2.75) is 39.3 Å². The number of urea groups is 1. The van der Waals surface area contributed by atoms with Gasteiger partial charge in [0.1, 0.15) is 12.1 Å². The summed E-state index contributed by atoms with van der Waals surface area (Å²) in [5.41, 5.74) is 1.07. The number of hydrogen-bond acceptors (Lipinski definition) is 4. The molecule has 1 heterocycles. The maximum Gasteiger partial charge on any atom is 0.325 e. The van der Waals surface area contributed by atoms with Gasteiger partial charge in [-0.15, -0.1) is 0 Å². The smallest absolute Gasteiger partial charge is 0.325 e. The van der Waals surface area contributed by atoms with Crippen LogP contribution in [0.2, 0.25) is 0 Å². The first-order valence-electron chi connectivity index (χ1n) is 10.2. The van der Waals surface area contributed by atoms with Gasteiger partial charge in [-0.25, -0.2) is 4.79 Å². The van der Waals surface area contributed by atoms with E-state index in [2.05, 4.69) is 52.2 Å². The number of rotatable bonds is 7. The molecule has 0 aliphatic carbocycles. The van der Waals surface area contributed by atoms with Gasteiger partial charge in [0.2, 0.25) is 5.91 Å². The molecule has 0 unspecified atom stereocenters. The zero-order valence-corrected chi connectivity index (χ0v) is 19.7. The van der Waals surface area contributed by atoms with E-state index >= 15 is 0 Å². The molecule has 1 saturated heterocycles. The van der Waals surface area contributed by atoms with Gasteiger partial charge in [0.15, 0.2) is 0 Å². The molecule has 0 spiro atoms. The molecule has 0 bridgehead atoms. The molecule has 2 aromatic rings. The lowest BCUT2D eigenvalue weighted by molar-refractivity contribution is -0.133. The van der Waals surface area contributed by atoms with E-state index in [0.29, 0.717) is 21.8 Å². The summed E-state index contributed by atoms with van der Waals surface area (Å²) < 4.78 is 0.708. The van der Waals surface area contributed by atoms with Crippen LogP contribution in [0, 0.1) is 0 Å². The highest BCUT2D eigenvalue weighted by Crippen LogP contribution is 2.33. The number of nitrogens with zero attached hydrogens (tertiary/aromatic N) is 2. The number of carbonyl (C=O) groups is 3. The Morgan fingerprint density at radius 2 is 1.81 bits per heavy atom. The van der Waals surface area contributed by atoms with Crippen molar-refractivity contribution in [3.8, 4) is 0 Å². The summed E-state index contributed by atoms with van der Waals surface area (Å²) in [6.45, 7) is 8.50. The number of nitrogens with one attached hydrogen (secondary N) is 2. The first kappa shape index (κ1) is 22.8. The lowest BCUT2D eigenvalue weighted by atomic mass is 9.92. The van der Waals surface area contributed by atoms with Gasteiger partial charge >= 0.3 is 6.03 Å². The Morgan fingerprint density at radius 1 is 1.16 bits per heavy atom. The SMILES string of the molecule is CCN(c1ccc(NC(=O)CN2C(=O)N[C@](C)(c3ccccc3Br)C2=O)cc1)C(C)C. The van der Waals surface area contributed by atoms with Gasteiger partial charge in [-0.3, -0.25) is 14.5 Å². The Kier molecular flexibility index (Phi) is 6.69. The molecular weight excluding hydrogens is 460 g/mol. The molecule has 3 rings (SSSR count). The largest absolute Gasteiger partial charge is 0.369 e. The Balaban J connectivity index is 1.69. The van der Waals surface area contributed by atoms with Gasteiger partial charge in [0, 0.05) is 34.0 Å². The number of amides is 4. The summed E-state index contributed by atoms with van der Waals surface area (Å²) in [6, 6.07) is 14.5. The summed E-state index contributed by atoms with van der Waals surface area (Å²) in [5, 5.41) is 5.48. The molecule has 0 aromatic heterocycles. The van der Waals surface area contributed by atoms with E-state index in [1.807, 2.05) is 30.3 Å². The number of imide groups is 1. The lowest BCUT2D eigenvalue weighted by Crippen LogP contribution is -2.42. The number of anilines is 2. The van der Waals surface area contributed by atoms with Crippen LogP contribution in [-0.2, 0) is 15.1 Å². The van der Waals surface area contributed by atoms with Gasteiger partial charge in [0.05, 0.1) is 0 Å². The maximum atomic E-state index is 13.0. The third kappa shape index (κ3) is 4.58. The lowest BCUT2D eigenvalue weighted by Gasteiger charge is -2.27. The molecule has 1 aliphatic rings. The molecule has 1 aliphatic heterocycles. The molecule has 2 aromatic carbocycles. The van der Waals surface area contributed by atoms with Gasteiger partial charge in [-0.1, -0.05) is 34.1 Å². The second-order valence-electron chi connectivity index (χ2n) is 7.90. The Labute approximate surface area is 190 Å². The van der Waals surface area contributed by atoms with Gasteiger partial charge in [-0.2, -0.15) is 0 Å². The van der Waals surface area contributed by atoms with Crippen molar-refractivity contribution < 1.29 is 14.4 Å². The summed E-state index contributed by atoms with van der Waals surface area (Å²) in [5.74, 6) is -0.908. The minimum Gasteiger partial charge on any atom is -0.369 e. The number of carbonyl (C=O) groups excluding carboxylic acids is 3. The number of benzene rings is 2. The topological polar surface area (TPSA) is 81.8 Å². The highest BCUT2D eigenvalue weighted by molar-refractivity contribution is 9.10. The van der Waals surface area contributed by atoms with Crippen molar-refractivity contribution in [3.05, 3.63) is 58.6 Å². The van der Waals surface area contributed by atoms with Crippen LogP contribution in [0.4, 0.5) is 16.2 Å². The zero-order chi connectivity index (χ0) is 22.8. The standard InChI is InChI=1S/C23H27BrN4O3/c1-5-27(15(2)3)17-12-10-16(11-13-17)25-20(29)14-28-21(30)23(4,26-22(28)31)18-8-6-7-9-19(18)24/h6-13,15H,5,14H2,1-4H3,(H,25,29)(H,26,31)/t23-/m1/s1. The van der Waals surface area contributed by atoms with E-state index in [4.69, 9.17) is 0 Å².